The van der Waals surface area contributed by atoms with Gasteiger partial charge in [-0.1, -0.05) is 30.3 Å². The van der Waals surface area contributed by atoms with Crippen molar-refractivity contribution < 1.29 is 17.6 Å². The summed E-state index contributed by atoms with van der Waals surface area (Å²) < 4.78 is 42.2. The van der Waals surface area contributed by atoms with Crippen molar-refractivity contribution in [2.75, 3.05) is 4.31 Å². The summed E-state index contributed by atoms with van der Waals surface area (Å²) in [6.45, 7) is 1.75. The summed E-state index contributed by atoms with van der Waals surface area (Å²) in [6, 6.07) is 18.8. The van der Waals surface area contributed by atoms with Gasteiger partial charge in [-0.25, -0.2) is 12.8 Å². The highest BCUT2D eigenvalue weighted by Crippen LogP contribution is 2.36. The minimum absolute atomic E-state index is 0.0123. The second kappa shape index (κ2) is 8.44. The van der Waals surface area contributed by atoms with Gasteiger partial charge in [0.1, 0.15) is 5.82 Å². The maximum absolute atomic E-state index is 14.1. The first kappa shape index (κ1) is 21.5. The first-order chi connectivity index (χ1) is 15.3. The number of nitrogens with one attached hydrogen (secondary N) is 1. The summed E-state index contributed by atoms with van der Waals surface area (Å²) in [7, 11) is -3.88. The number of para-hydroxylation sites is 1. The molecular weight excluding hydrogens is 429 g/mol. The third-order valence-electron chi connectivity index (χ3n) is 5.42. The van der Waals surface area contributed by atoms with Crippen LogP contribution >= 0.6 is 0 Å². The molecule has 32 heavy (non-hydrogen) atoms. The normalized spacial score (nSPS) is 15.2. The Balaban J connectivity index is 1.56. The molecule has 0 fully saturated rings. The van der Waals surface area contributed by atoms with E-state index in [0.717, 1.165) is 11.6 Å². The fourth-order valence-corrected chi connectivity index (χ4v) is 5.59. The zero-order chi connectivity index (χ0) is 22.9. The van der Waals surface area contributed by atoms with Gasteiger partial charge in [-0.2, -0.15) is 5.26 Å². The van der Waals surface area contributed by atoms with Crippen LogP contribution in [0.3, 0.4) is 0 Å². The lowest BCUT2D eigenvalue weighted by Crippen LogP contribution is -2.35. The van der Waals surface area contributed by atoms with Crippen LogP contribution in [0.25, 0.3) is 0 Å². The predicted octanol–water partition coefficient (Wildman–Crippen LogP) is 3.77. The lowest BCUT2D eigenvalue weighted by atomic mass is 10.1. The van der Waals surface area contributed by atoms with Crippen LogP contribution in [0, 0.1) is 17.1 Å². The lowest BCUT2D eigenvalue weighted by molar-refractivity contribution is 0.0950. The van der Waals surface area contributed by atoms with E-state index >= 15 is 0 Å². The molecule has 162 valence electrons. The van der Waals surface area contributed by atoms with E-state index in [4.69, 9.17) is 5.26 Å². The van der Waals surface area contributed by atoms with Crippen LogP contribution in [-0.2, 0) is 23.0 Å². The van der Waals surface area contributed by atoms with E-state index in [0.29, 0.717) is 12.1 Å². The zero-order valence-corrected chi connectivity index (χ0v) is 18.1. The van der Waals surface area contributed by atoms with Gasteiger partial charge in [-0.05, 0) is 55.3 Å². The molecule has 0 saturated heterocycles. The number of amides is 1. The molecule has 1 N–H and O–H groups in total. The maximum atomic E-state index is 14.1. The van der Waals surface area contributed by atoms with E-state index in [-0.39, 0.29) is 34.2 Å². The summed E-state index contributed by atoms with van der Waals surface area (Å²) in [5, 5.41) is 11.4. The third-order valence-corrected chi connectivity index (χ3v) is 7.34. The predicted molar refractivity (Wildman–Crippen MR) is 118 cm³/mol. The summed E-state index contributed by atoms with van der Waals surface area (Å²) in [4.78, 5) is 12.6. The van der Waals surface area contributed by atoms with Gasteiger partial charge in [-0.15, -0.1) is 0 Å². The molecule has 0 aliphatic carbocycles. The van der Waals surface area contributed by atoms with Crippen molar-refractivity contribution in [2.45, 2.75) is 30.8 Å². The number of anilines is 1. The molecule has 1 atom stereocenters. The summed E-state index contributed by atoms with van der Waals surface area (Å²) in [5.74, 6) is -1.12. The minimum atomic E-state index is -3.88. The molecule has 1 aliphatic rings. The largest absolute Gasteiger partial charge is 0.348 e. The molecule has 1 heterocycles. The Bertz CT molecular complexity index is 1350. The number of nitriles is 1. The molecule has 0 aromatic heterocycles. The number of halogens is 1. The summed E-state index contributed by atoms with van der Waals surface area (Å²) in [6.07, 6.45) is 0.617. The number of carbonyl (C=O) groups excluding carboxylic acids is 1. The van der Waals surface area contributed by atoms with E-state index < -0.39 is 21.7 Å². The van der Waals surface area contributed by atoms with E-state index in [9.17, 15) is 17.6 Å². The molecule has 8 heteroatoms. The SMILES string of the molecule is CC1Cc2ccccc2N1S(=O)(=O)c1cccc(C(=O)NCc2ccc(C#N)cc2F)c1. The van der Waals surface area contributed by atoms with Crippen LogP contribution < -0.4 is 9.62 Å². The molecule has 1 amide bonds. The number of carbonyl (C=O) groups is 1. The third kappa shape index (κ3) is 3.95. The van der Waals surface area contributed by atoms with E-state index in [1.54, 1.807) is 12.1 Å². The van der Waals surface area contributed by atoms with E-state index in [1.165, 1.54) is 40.7 Å². The second-order valence-electron chi connectivity index (χ2n) is 7.61. The topological polar surface area (TPSA) is 90.3 Å². The van der Waals surface area contributed by atoms with Crippen molar-refractivity contribution >= 4 is 21.6 Å². The quantitative estimate of drug-likeness (QED) is 0.642. The molecule has 4 rings (SSSR count). The fraction of sp³-hybridized carbons (Fsp3) is 0.167. The van der Waals surface area contributed by atoms with Gasteiger partial charge in [0.25, 0.3) is 15.9 Å². The highest BCUT2D eigenvalue weighted by atomic mass is 32.2. The van der Waals surface area contributed by atoms with Crippen molar-refractivity contribution in [1.82, 2.24) is 5.32 Å². The maximum Gasteiger partial charge on any atom is 0.264 e. The lowest BCUT2D eigenvalue weighted by Gasteiger charge is -2.24. The fourth-order valence-electron chi connectivity index (χ4n) is 3.85. The molecule has 3 aromatic carbocycles. The highest BCUT2D eigenvalue weighted by molar-refractivity contribution is 7.92. The summed E-state index contributed by atoms with van der Waals surface area (Å²) in [5.41, 5.74) is 2.17. The Kier molecular flexibility index (Phi) is 5.68. The van der Waals surface area contributed by atoms with Crippen LogP contribution in [0.1, 0.15) is 34.0 Å². The Hall–Kier alpha value is -3.70. The molecule has 0 bridgehead atoms. The van der Waals surface area contributed by atoms with Gasteiger partial charge in [0.2, 0.25) is 0 Å². The van der Waals surface area contributed by atoms with Crippen LogP contribution in [0.4, 0.5) is 10.1 Å². The molecule has 6 nitrogen and oxygen atoms in total. The van der Waals surface area contributed by atoms with Gasteiger partial charge in [0, 0.05) is 23.7 Å². The average molecular weight is 450 g/mol. The van der Waals surface area contributed by atoms with Gasteiger partial charge in [0.15, 0.2) is 0 Å². The van der Waals surface area contributed by atoms with E-state index in [1.807, 2.05) is 25.1 Å². The number of hydrogen-bond donors (Lipinski definition) is 1. The smallest absolute Gasteiger partial charge is 0.264 e. The molecule has 1 aliphatic heterocycles. The first-order valence-electron chi connectivity index (χ1n) is 10.0. The van der Waals surface area contributed by atoms with Gasteiger partial charge < -0.3 is 5.32 Å². The second-order valence-corrected chi connectivity index (χ2v) is 9.43. The average Bonchev–Trinajstić information content (AvgIpc) is 3.14. The zero-order valence-electron chi connectivity index (χ0n) is 17.2. The van der Waals surface area contributed by atoms with Crippen LogP contribution in [0.15, 0.2) is 71.6 Å². The van der Waals surface area contributed by atoms with Crippen LogP contribution in [-0.4, -0.2) is 20.4 Å². The Morgan fingerprint density at radius 3 is 2.69 bits per heavy atom. The van der Waals surface area contributed by atoms with Crippen molar-refractivity contribution in [2.24, 2.45) is 0 Å². The van der Waals surface area contributed by atoms with Crippen LogP contribution in [0.2, 0.25) is 0 Å². The van der Waals surface area contributed by atoms with Crippen molar-refractivity contribution in [3.63, 3.8) is 0 Å². The number of sulfonamides is 1. The minimum Gasteiger partial charge on any atom is -0.348 e. The number of benzene rings is 3. The van der Waals surface area contributed by atoms with Crippen molar-refractivity contribution in [3.05, 3.63) is 94.8 Å². The Morgan fingerprint density at radius 1 is 1.16 bits per heavy atom. The van der Waals surface area contributed by atoms with Crippen LogP contribution in [0.5, 0.6) is 0 Å². The number of hydrogen-bond acceptors (Lipinski definition) is 4. The number of nitrogens with zero attached hydrogens (tertiary/aromatic N) is 2. The molecular formula is C24H20FN3O3S. The van der Waals surface area contributed by atoms with E-state index in [2.05, 4.69) is 5.32 Å². The monoisotopic (exact) mass is 449 g/mol. The molecule has 0 radical (unpaired) electrons. The molecule has 0 spiro atoms. The molecule has 1 unspecified atom stereocenters. The Morgan fingerprint density at radius 2 is 1.94 bits per heavy atom. The van der Waals surface area contributed by atoms with Gasteiger partial charge in [-0.3, -0.25) is 9.10 Å². The highest BCUT2D eigenvalue weighted by Gasteiger charge is 2.36. The van der Waals surface area contributed by atoms with Gasteiger partial charge in [0.05, 0.1) is 22.2 Å². The number of rotatable bonds is 5. The summed E-state index contributed by atoms with van der Waals surface area (Å²) >= 11 is 0. The standard InChI is InChI=1S/C24H20FN3O3S/c1-16-11-18-5-2-3-8-23(18)28(16)32(30,31)21-7-4-6-19(13-21)24(29)27-15-20-10-9-17(14-26)12-22(20)25/h2-10,12-13,16H,11,15H2,1H3,(H,27,29). The van der Waals surface area contributed by atoms with Crippen molar-refractivity contribution in [3.8, 4) is 6.07 Å². The van der Waals surface area contributed by atoms with Gasteiger partial charge >= 0.3 is 0 Å². The number of fused-ring (bicyclic) bond motifs is 1. The first-order valence-corrected chi connectivity index (χ1v) is 11.4. The molecule has 0 saturated carbocycles. The molecule has 3 aromatic rings. The Labute approximate surface area is 186 Å². The van der Waals surface area contributed by atoms with Crippen molar-refractivity contribution in [1.29, 1.82) is 5.26 Å².